The summed E-state index contributed by atoms with van der Waals surface area (Å²) in [5.41, 5.74) is 1.58. The number of rotatable bonds is 8. The maximum Gasteiger partial charge on any atom is 0.231 e. The number of hydrogen-bond acceptors (Lipinski definition) is 5. The van der Waals surface area contributed by atoms with Crippen molar-refractivity contribution in [1.29, 1.82) is 0 Å². The number of carbonyl (C=O) groups is 2. The fraction of sp³-hybridized carbons (Fsp3) is 0.364. The van der Waals surface area contributed by atoms with Crippen LogP contribution < -0.4 is 24.4 Å². The molecular weight excluding hydrogens is 372 g/mol. The number of fused-ring (bicyclic) bond motifs is 1. The average molecular weight is 398 g/mol. The van der Waals surface area contributed by atoms with Crippen molar-refractivity contribution in [3.63, 3.8) is 0 Å². The smallest absolute Gasteiger partial charge is 0.231 e. The Morgan fingerprint density at radius 3 is 2.66 bits per heavy atom. The van der Waals surface area contributed by atoms with Crippen LogP contribution in [0.2, 0.25) is 0 Å². The summed E-state index contributed by atoms with van der Waals surface area (Å²) in [7, 11) is 0. The number of ether oxygens (including phenoxy) is 3. The van der Waals surface area contributed by atoms with Gasteiger partial charge in [-0.05, 0) is 43.7 Å². The molecule has 7 nitrogen and oxygen atoms in total. The van der Waals surface area contributed by atoms with E-state index in [9.17, 15) is 9.59 Å². The Hall–Kier alpha value is -3.22. The molecule has 29 heavy (non-hydrogen) atoms. The van der Waals surface area contributed by atoms with E-state index in [1.54, 1.807) is 4.90 Å². The molecule has 0 fully saturated rings. The Balaban J connectivity index is 1.58. The summed E-state index contributed by atoms with van der Waals surface area (Å²) in [6, 6.07) is 12.9. The molecule has 2 amide bonds. The van der Waals surface area contributed by atoms with Crippen LogP contribution in [0.5, 0.6) is 17.2 Å². The van der Waals surface area contributed by atoms with Gasteiger partial charge >= 0.3 is 0 Å². The van der Waals surface area contributed by atoms with Crippen molar-refractivity contribution in [2.75, 3.05) is 18.2 Å². The van der Waals surface area contributed by atoms with Gasteiger partial charge in [0.1, 0.15) is 5.75 Å². The Kier molecular flexibility index (Phi) is 6.59. The summed E-state index contributed by atoms with van der Waals surface area (Å²) < 4.78 is 16.4. The van der Waals surface area contributed by atoms with Crippen molar-refractivity contribution in [2.24, 2.45) is 0 Å². The zero-order chi connectivity index (χ0) is 20.8. The summed E-state index contributed by atoms with van der Waals surface area (Å²) in [5, 5.41) is 2.88. The van der Waals surface area contributed by atoms with Crippen LogP contribution in [-0.4, -0.2) is 31.3 Å². The second kappa shape index (κ2) is 9.32. The molecule has 7 heteroatoms. The second-order valence-corrected chi connectivity index (χ2v) is 7.02. The monoisotopic (exact) mass is 398 g/mol. The van der Waals surface area contributed by atoms with Gasteiger partial charge in [-0.1, -0.05) is 18.2 Å². The number of para-hydroxylation sites is 2. The van der Waals surface area contributed by atoms with Gasteiger partial charge < -0.3 is 24.4 Å². The van der Waals surface area contributed by atoms with Gasteiger partial charge in [0.25, 0.3) is 0 Å². The van der Waals surface area contributed by atoms with E-state index in [4.69, 9.17) is 14.2 Å². The minimum atomic E-state index is -0.145. The topological polar surface area (TPSA) is 77.1 Å². The molecule has 2 aromatic rings. The highest BCUT2D eigenvalue weighted by atomic mass is 16.7. The van der Waals surface area contributed by atoms with Gasteiger partial charge in [-0.2, -0.15) is 0 Å². The predicted molar refractivity (Wildman–Crippen MR) is 109 cm³/mol. The predicted octanol–water partition coefficient (Wildman–Crippen LogP) is 3.26. The third-order valence-electron chi connectivity index (χ3n) is 4.39. The first kappa shape index (κ1) is 20.5. The van der Waals surface area contributed by atoms with Gasteiger partial charge in [-0.15, -0.1) is 0 Å². The van der Waals surface area contributed by atoms with Gasteiger partial charge in [0.15, 0.2) is 11.5 Å². The van der Waals surface area contributed by atoms with E-state index in [1.807, 2.05) is 56.3 Å². The fourth-order valence-corrected chi connectivity index (χ4v) is 3.03. The van der Waals surface area contributed by atoms with Crippen LogP contribution in [0.15, 0.2) is 42.5 Å². The standard InChI is InChI=1S/C22H26N2O5/c1-15(2)29-19-7-5-4-6-18(19)24(16(3)25)11-10-22(26)23-13-17-8-9-20-21(12-17)28-14-27-20/h4-9,12,15H,10-11,13-14H2,1-3H3,(H,23,26). The van der Waals surface area contributed by atoms with E-state index in [-0.39, 0.29) is 37.7 Å². The highest BCUT2D eigenvalue weighted by molar-refractivity contribution is 5.93. The van der Waals surface area contributed by atoms with Gasteiger partial charge in [0.2, 0.25) is 18.6 Å². The first-order valence-electron chi connectivity index (χ1n) is 9.63. The molecule has 0 spiro atoms. The van der Waals surface area contributed by atoms with Crippen LogP contribution in [0.4, 0.5) is 5.69 Å². The van der Waals surface area contributed by atoms with E-state index < -0.39 is 0 Å². The lowest BCUT2D eigenvalue weighted by molar-refractivity contribution is -0.121. The van der Waals surface area contributed by atoms with Crippen LogP contribution in [0.25, 0.3) is 0 Å². The average Bonchev–Trinajstić information content (AvgIpc) is 3.15. The van der Waals surface area contributed by atoms with Crippen molar-refractivity contribution < 1.29 is 23.8 Å². The van der Waals surface area contributed by atoms with Gasteiger partial charge in [-0.25, -0.2) is 0 Å². The molecular formula is C22H26N2O5. The molecule has 1 aliphatic rings. The van der Waals surface area contributed by atoms with Crippen molar-refractivity contribution >= 4 is 17.5 Å². The maximum atomic E-state index is 12.3. The van der Waals surface area contributed by atoms with Crippen molar-refractivity contribution in [2.45, 2.75) is 39.8 Å². The van der Waals surface area contributed by atoms with Gasteiger partial charge in [0.05, 0.1) is 11.8 Å². The van der Waals surface area contributed by atoms with Crippen LogP contribution in [0.3, 0.4) is 0 Å². The Bertz CT molecular complexity index is 881. The number of carbonyl (C=O) groups excluding carboxylic acids is 2. The number of benzene rings is 2. The largest absolute Gasteiger partial charge is 0.489 e. The molecule has 0 aliphatic carbocycles. The minimum absolute atomic E-state index is 0.0186. The normalized spacial score (nSPS) is 12.0. The van der Waals surface area contributed by atoms with E-state index in [2.05, 4.69) is 5.32 Å². The molecule has 0 saturated heterocycles. The van der Waals surface area contributed by atoms with Gasteiger partial charge in [0, 0.05) is 26.4 Å². The van der Waals surface area contributed by atoms with Crippen LogP contribution >= 0.6 is 0 Å². The zero-order valence-electron chi connectivity index (χ0n) is 16.9. The summed E-state index contributed by atoms with van der Waals surface area (Å²) in [5.74, 6) is 1.73. The number of nitrogens with zero attached hydrogens (tertiary/aromatic N) is 1. The van der Waals surface area contributed by atoms with Crippen molar-refractivity contribution in [3.8, 4) is 17.2 Å². The lowest BCUT2D eigenvalue weighted by atomic mass is 10.2. The molecule has 1 heterocycles. The van der Waals surface area contributed by atoms with Crippen molar-refractivity contribution in [1.82, 2.24) is 5.32 Å². The lowest BCUT2D eigenvalue weighted by Crippen LogP contribution is -2.34. The Morgan fingerprint density at radius 2 is 1.90 bits per heavy atom. The van der Waals surface area contributed by atoms with Crippen LogP contribution in [-0.2, 0) is 16.1 Å². The quantitative estimate of drug-likeness (QED) is 0.739. The summed E-state index contributed by atoms with van der Waals surface area (Å²) in [6.45, 7) is 6.20. The van der Waals surface area contributed by atoms with Crippen molar-refractivity contribution in [3.05, 3.63) is 48.0 Å². The maximum absolute atomic E-state index is 12.3. The zero-order valence-corrected chi connectivity index (χ0v) is 16.9. The molecule has 1 aliphatic heterocycles. The molecule has 0 bridgehead atoms. The summed E-state index contributed by atoms with van der Waals surface area (Å²) in [6.07, 6.45) is 0.162. The number of anilines is 1. The highest BCUT2D eigenvalue weighted by Crippen LogP contribution is 2.32. The third kappa shape index (κ3) is 5.40. The van der Waals surface area contributed by atoms with E-state index in [1.165, 1.54) is 6.92 Å². The second-order valence-electron chi connectivity index (χ2n) is 7.02. The molecule has 0 radical (unpaired) electrons. The minimum Gasteiger partial charge on any atom is -0.489 e. The fourth-order valence-electron chi connectivity index (χ4n) is 3.03. The van der Waals surface area contributed by atoms with E-state index in [0.29, 0.717) is 29.5 Å². The van der Waals surface area contributed by atoms with Gasteiger partial charge in [-0.3, -0.25) is 9.59 Å². The number of nitrogens with one attached hydrogen (secondary N) is 1. The number of amides is 2. The first-order valence-corrected chi connectivity index (χ1v) is 9.63. The van der Waals surface area contributed by atoms with E-state index in [0.717, 1.165) is 5.56 Å². The SMILES string of the molecule is CC(=O)N(CCC(=O)NCc1ccc2c(c1)OCO2)c1ccccc1OC(C)C. The molecule has 3 rings (SSSR count). The molecule has 0 saturated carbocycles. The first-order chi connectivity index (χ1) is 13.9. The van der Waals surface area contributed by atoms with Crippen LogP contribution in [0, 0.1) is 0 Å². The highest BCUT2D eigenvalue weighted by Gasteiger charge is 2.18. The molecule has 2 aromatic carbocycles. The summed E-state index contributed by atoms with van der Waals surface area (Å²) >= 11 is 0. The Morgan fingerprint density at radius 1 is 1.14 bits per heavy atom. The Labute approximate surface area is 170 Å². The lowest BCUT2D eigenvalue weighted by Gasteiger charge is -2.24. The third-order valence-corrected chi connectivity index (χ3v) is 4.39. The summed E-state index contributed by atoms with van der Waals surface area (Å²) in [4.78, 5) is 26.1. The van der Waals surface area contributed by atoms with Crippen LogP contribution in [0.1, 0.15) is 32.8 Å². The molecule has 0 aromatic heterocycles. The molecule has 154 valence electrons. The molecule has 0 atom stereocenters. The molecule has 0 unspecified atom stereocenters. The number of hydrogen-bond donors (Lipinski definition) is 1. The molecule has 1 N–H and O–H groups in total. The van der Waals surface area contributed by atoms with E-state index >= 15 is 0 Å².